The molecule has 0 saturated heterocycles. The van der Waals surface area contributed by atoms with Crippen LogP contribution in [0.25, 0.3) is 0 Å². The molecular formula is C24H23BrClN3O2. The van der Waals surface area contributed by atoms with Gasteiger partial charge in [0, 0.05) is 20.7 Å². The minimum absolute atomic E-state index is 0.252. The van der Waals surface area contributed by atoms with Crippen molar-refractivity contribution in [3.63, 3.8) is 0 Å². The summed E-state index contributed by atoms with van der Waals surface area (Å²) in [4.78, 5) is 12.4. The van der Waals surface area contributed by atoms with Gasteiger partial charge in [-0.2, -0.15) is 5.10 Å². The highest BCUT2D eigenvalue weighted by molar-refractivity contribution is 9.10. The lowest BCUT2D eigenvalue weighted by molar-refractivity contribution is -0.121. The molecule has 3 aromatic carbocycles. The van der Waals surface area contributed by atoms with Crippen molar-refractivity contribution in [1.29, 1.82) is 0 Å². The van der Waals surface area contributed by atoms with Crippen LogP contribution in [-0.4, -0.2) is 18.2 Å². The second kappa shape index (κ2) is 11.0. The van der Waals surface area contributed by atoms with Gasteiger partial charge in [-0.25, -0.2) is 5.43 Å². The molecule has 0 aliphatic carbocycles. The molecule has 0 aliphatic heterocycles. The Hall–Kier alpha value is -2.83. The van der Waals surface area contributed by atoms with Crippen molar-refractivity contribution in [3.8, 4) is 5.75 Å². The van der Waals surface area contributed by atoms with Crippen molar-refractivity contribution in [1.82, 2.24) is 5.43 Å². The van der Waals surface area contributed by atoms with Crippen LogP contribution >= 0.6 is 27.5 Å². The topological polar surface area (TPSA) is 62.7 Å². The molecule has 0 aliphatic rings. The van der Waals surface area contributed by atoms with Gasteiger partial charge in [0.1, 0.15) is 18.4 Å². The maximum Gasteiger partial charge on any atom is 0.262 e. The van der Waals surface area contributed by atoms with E-state index in [1.54, 1.807) is 19.2 Å². The number of halogens is 2. The number of rotatable bonds is 8. The molecule has 3 aromatic rings. The number of hydrogen-bond acceptors (Lipinski definition) is 4. The predicted octanol–water partition coefficient (Wildman–Crippen LogP) is 5.94. The minimum Gasteiger partial charge on any atom is -0.488 e. The highest BCUT2D eigenvalue weighted by Crippen LogP contribution is 2.21. The maximum atomic E-state index is 12.4. The fourth-order valence-corrected chi connectivity index (χ4v) is 3.53. The summed E-state index contributed by atoms with van der Waals surface area (Å²) in [5, 5.41) is 7.92. The van der Waals surface area contributed by atoms with Crippen LogP contribution in [0.3, 0.4) is 0 Å². The Morgan fingerprint density at radius 1 is 1.16 bits per heavy atom. The van der Waals surface area contributed by atoms with Gasteiger partial charge in [0.2, 0.25) is 0 Å². The van der Waals surface area contributed by atoms with Crippen LogP contribution in [0, 0.1) is 6.92 Å². The molecule has 5 nitrogen and oxygen atoms in total. The van der Waals surface area contributed by atoms with Crippen LogP contribution in [-0.2, 0) is 11.4 Å². The number of para-hydroxylation sites is 1. The van der Waals surface area contributed by atoms with Crippen molar-refractivity contribution in [2.24, 2.45) is 5.10 Å². The lowest BCUT2D eigenvalue weighted by Crippen LogP contribution is -2.35. The predicted molar refractivity (Wildman–Crippen MR) is 130 cm³/mol. The van der Waals surface area contributed by atoms with Crippen molar-refractivity contribution < 1.29 is 9.53 Å². The van der Waals surface area contributed by atoms with Gasteiger partial charge in [-0.3, -0.25) is 4.79 Å². The number of benzene rings is 3. The Labute approximate surface area is 195 Å². The van der Waals surface area contributed by atoms with Crippen LogP contribution in [0.15, 0.2) is 76.3 Å². The standard InChI is InChI=1S/C24H23BrClN3O2/c1-16-12-21(26)10-11-22(16)28-17(2)24(30)29-27-14-19-7-3-4-9-23(19)31-15-18-6-5-8-20(25)13-18/h3-14,17,28H,15H2,1-2H3,(H,29,30)/b27-14-/t17-/m1/s1. The van der Waals surface area contributed by atoms with E-state index in [4.69, 9.17) is 16.3 Å². The summed E-state index contributed by atoms with van der Waals surface area (Å²) >= 11 is 9.44. The first-order chi connectivity index (χ1) is 14.9. The summed E-state index contributed by atoms with van der Waals surface area (Å²) in [6, 6.07) is 20.5. The van der Waals surface area contributed by atoms with Gasteiger partial charge in [0.05, 0.1) is 6.21 Å². The molecule has 2 N–H and O–H groups in total. The number of hydrogen-bond donors (Lipinski definition) is 2. The van der Waals surface area contributed by atoms with E-state index >= 15 is 0 Å². The minimum atomic E-state index is -0.472. The van der Waals surface area contributed by atoms with Crippen molar-refractivity contribution in [2.45, 2.75) is 26.5 Å². The van der Waals surface area contributed by atoms with Crippen molar-refractivity contribution in [3.05, 3.63) is 92.9 Å². The summed E-state index contributed by atoms with van der Waals surface area (Å²) in [6.45, 7) is 4.13. The Morgan fingerprint density at radius 3 is 2.74 bits per heavy atom. The molecular weight excluding hydrogens is 478 g/mol. The van der Waals surface area contributed by atoms with Crippen LogP contribution in [0.5, 0.6) is 5.75 Å². The molecule has 0 unspecified atom stereocenters. The third kappa shape index (κ3) is 6.84. The van der Waals surface area contributed by atoms with Gasteiger partial charge in [0.15, 0.2) is 0 Å². The first-order valence-corrected chi connectivity index (χ1v) is 10.9. The van der Waals surface area contributed by atoms with E-state index in [1.807, 2.05) is 67.6 Å². The first kappa shape index (κ1) is 22.8. The molecule has 7 heteroatoms. The zero-order valence-electron chi connectivity index (χ0n) is 17.2. The normalized spacial score (nSPS) is 11.9. The van der Waals surface area contributed by atoms with Gasteiger partial charge in [0.25, 0.3) is 5.91 Å². The Morgan fingerprint density at radius 2 is 1.97 bits per heavy atom. The largest absolute Gasteiger partial charge is 0.488 e. The number of carbonyl (C=O) groups is 1. The van der Waals surface area contributed by atoms with Crippen molar-refractivity contribution >= 4 is 45.3 Å². The highest BCUT2D eigenvalue weighted by Gasteiger charge is 2.13. The number of aryl methyl sites for hydroxylation is 1. The molecule has 1 atom stereocenters. The molecule has 0 saturated carbocycles. The first-order valence-electron chi connectivity index (χ1n) is 9.74. The molecule has 0 aromatic heterocycles. The van der Waals surface area contributed by atoms with Crippen LogP contribution in [0.4, 0.5) is 5.69 Å². The Kier molecular flexibility index (Phi) is 8.09. The van der Waals surface area contributed by atoms with Crippen molar-refractivity contribution in [2.75, 3.05) is 5.32 Å². The molecule has 31 heavy (non-hydrogen) atoms. The third-order valence-electron chi connectivity index (χ3n) is 4.53. The number of ether oxygens (including phenoxy) is 1. The van der Waals surface area contributed by atoms with Gasteiger partial charge in [-0.05, 0) is 67.4 Å². The lowest BCUT2D eigenvalue weighted by Gasteiger charge is -2.15. The van der Waals surface area contributed by atoms with E-state index in [0.717, 1.165) is 26.9 Å². The van der Waals surface area contributed by atoms with Gasteiger partial charge in [-0.1, -0.05) is 51.8 Å². The van der Waals surface area contributed by atoms with Gasteiger partial charge < -0.3 is 10.1 Å². The summed E-state index contributed by atoms with van der Waals surface area (Å²) in [7, 11) is 0. The fourth-order valence-electron chi connectivity index (χ4n) is 2.86. The molecule has 0 heterocycles. The molecule has 0 radical (unpaired) electrons. The molecule has 1 amide bonds. The lowest BCUT2D eigenvalue weighted by atomic mass is 10.2. The SMILES string of the molecule is Cc1cc(Cl)ccc1N[C@H](C)C(=O)N/N=C\c1ccccc1OCc1cccc(Br)c1. The number of nitrogens with one attached hydrogen (secondary N) is 2. The van der Waals surface area contributed by atoms with E-state index in [1.165, 1.54) is 0 Å². The summed E-state index contributed by atoms with van der Waals surface area (Å²) in [5.41, 5.74) is 6.20. The zero-order chi connectivity index (χ0) is 22.2. The number of hydrazone groups is 1. The van der Waals surface area contributed by atoms with Crippen LogP contribution in [0.2, 0.25) is 5.02 Å². The van der Waals surface area contributed by atoms with E-state index in [9.17, 15) is 4.79 Å². The van der Waals surface area contributed by atoms with E-state index in [-0.39, 0.29) is 5.91 Å². The number of carbonyl (C=O) groups excluding carboxylic acids is 1. The van der Waals surface area contributed by atoms with E-state index < -0.39 is 6.04 Å². The van der Waals surface area contributed by atoms with Crippen LogP contribution < -0.4 is 15.5 Å². The summed E-state index contributed by atoms with van der Waals surface area (Å²) in [6.07, 6.45) is 1.58. The Bertz CT molecular complexity index is 1090. The molecule has 3 rings (SSSR count). The number of anilines is 1. The molecule has 160 valence electrons. The third-order valence-corrected chi connectivity index (χ3v) is 5.26. The second-order valence-electron chi connectivity index (χ2n) is 7.02. The van der Waals surface area contributed by atoms with Crippen LogP contribution in [0.1, 0.15) is 23.6 Å². The quantitative estimate of drug-likeness (QED) is 0.297. The fraction of sp³-hybridized carbons (Fsp3) is 0.167. The average Bonchev–Trinajstić information content (AvgIpc) is 2.75. The molecule has 0 spiro atoms. The highest BCUT2D eigenvalue weighted by atomic mass is 79.9. The molecule has 0 fully saturated rings. The Balaban J connectivity index is 1.58. The van der Waals surface area contributed by atoms with E-state index in [2.05, 4.69) is 31.8 Å². The van der Waals surface area contributed by atoms with Gasteiger partial charge in [-0.15, -0.1) is 0 Å². The molecule has 0 bridgehead atoms. The summed E-state index contributed by atoms with van der Waals surface area (Å²) < 4.78 is 6.94. The van der Waals surface area contributed by atoms with Gasteiger partial charge >= 0.3 is 0 Å². The maximum absolute atomic E-state index is 12.4. The number of amides is 1. The van der Waals surface area contributed by atoms with E-state index in [0.29, 0.717) is 17.4 Å². The second-order valence-corrected chi connectivity index (χ2v) is 8.37. The summed E-state index contributed by atoms with van der Waals surface area (Å²) in [5.74, 6) is 0.432. The zero-order valence-corrected chi connectivity index (χ0v) is 19.6. The number of nitrogens with zero attached hydrogens (tertiary/aromatic N) is 1. The smallest absolute Gasteiger partial charge is 0.262 e. The monoisotopic (exact) mass is 499 g/mol. The average molecular weight is 501 g/mol.